The molecule has 6 heteroatoms. The summed E-state index contributed by atoms with van der Waals surface area (Å²) in [5.41, 5.74) is 2.55. The van der Waals surface area contributed by atoms with Crippen LogP contribution in [0.3, 0.4) is 0 Å². The van der Waals surface area contributed by atoms with Crippen LogP contribution < -0.4 is 15.5 Å². The standard InChI is InChI=1S/C21H26FN3OS/c1-15-8-9-18(14-19(15)22)24-21(27)23-16(2)20(17-6-4-3-5-7-17)25-10-12-26-13-11-25/h3-9,14,16,20H,10-13H2,1-2H3,(H2,23,24,27)/p+1/t16-,20+/m0/s1. The minimum atomic E-state index is -0.240. The Labute approximate surface area is 165 Å². The highest BCUT2D eigenvalue weighted by atomic mass is 32.1. The van der Waals surface area contributed by atoms with Crippen molar-refractivity contribution < 1.29 is 14.0 Å². The van der Waals surface area contributed by atoms with Gasteiger partial charge < -0.3 is 20.3 Å². The maximum atomic E-state index is 13.8. The van der Waals surface area contributed by atoms with Crippen LogP contribution >= 0.6 is 12.2 Å². The second-order valence-electron chi connectivity index (χ2n) is 7.01. The molecule has 0 amide bonds. The molecule has 1 saturated heterocycles. The molecule has 2 aromatic rings. The topological polar surface area (TPSA) is 37.7 Å². The van der Waals surface area contributed by atoms with Gasteiger partial charge in [-0.25, -0.2) is 4.39 Å². The summed E-state index contributed by atoms with van der Waals surface area (Å²) in [5, 5.41) is 6.99. The molecule has 1 heterocycles. The lowest BCUT2D eigenvalue weighted by Gasteiger charge is -2.35. The molecule has 0 aromatic heterocycles. The molecule has 1 aliphatic heterocycles. The molecule has 27 heavy (non-hydrogen) atoms. The second kappa shape index (κ2) is 9.26. The fraction of sp³-hybridized carbons (Fsp3) is 0.381. The molecule has 4 nitrogen and oxygen atoms in total. The summed E-state index contributed by atoms with van der Waals surface area (Å²) in [6.45, 7) is 7.37. The summed E-state index contributed by atoms with van der Waals surface area (Å²) in [6, 6.07) is 15.9. The highest BCUT2D eigenvalue weighted by Crippen LogP contribution is 2.16. The zero-order valence-electron chi connectivity index (χ0n) is 15.8. The van der Waals surface area contributed by atoms with Crippen LogP contribution in [0.1, 0.15) is 24.1 Å². The Balaban J connectivity index is 1.70. The Bertz CT molecular complexity index is 765. The highest BCUT2D eigenvalue weighted by Gasteiger charge is 2.31. The summed E-state index contributed by atoms with van der Waals surface area (Å²) in [7, 11) is 0. The van der Waals surface area contributed by atoms with Crippen molar-refractivity contribution >= 4 is 23.0 Å². The van der Waals surface area contributed by atoms with Crippen molar-refractivity contribution in [1.82, 2.24) is 5.32 Å². The van der Waals surface area contributed by atoms with E-state index < -0.39 is 0 Å². The summed E-state index contributed by atoms with van der Waals surface area (Å²) in [5.74, 6) is -0.240. The molecule has 0 spiro atoms. The van der Waals surface area contributed by atoms with Gasteiger partial charge in [0.2, 0.25) is 0 Å². The van der Waals surface area contributed by atoms with Gasteiger partial charge in [0.1, 0.15) is 24.9 Å². The van der Waals surface area contributed by atoms with Gasteiger partial charge in [0.15, 0.2) is 5.11 Å². The number of rotatable bonds is 5. The van der Waals surface area contributed by atoms with Gasteiger partial charge in [-0.05, 0) is 43.8 Å². The third-order valence-electron chi connectivity index (χ3n) is 5.02. The number of hydrogen-bond acceptors (Lipinski definition) is 2. The van der Waals surface area contributed by atoms with Gasteiger partial charge in [-0.3, -0.25) is 0 Å². The smallest absolute Gasteiger partial charge is 0.171 e. The monoisotopic (exact) mass is 388 g/mol. The van der Waals surface area contributed by atoms with E-state index in [-0.39, 0.29) is 17.9 Å². The van der Waals surface area contributed by atoms with Gasteiger partial charge in [-0.1, -0.05) is 36.4 Å². The molecule has 0 bridgehead atoms. The van der Waals surface area contributed by atoms with Crippen LogP contribution in [0.15, 0.2) is 48.5 Å². The third-order valence-corrected chi connectivity index (χ3v) is 5.24. The minimum absolute atomic E-state index is 0.107. The van der Waals surface area contributed by atoms with E-state index in [0.29, 0.717) is 16.4 Å². The lowest BCUT2D eigenvalue weighted by molar-refractivity contribution is -0.940. The van der Waals surface area contributed by atoms with E-state index in [1.165, 1.54) is 16.5 Å². The Kier molecular flexibility index (Phi) is 6.77. The van der Waals surface area contributed by atoms with E-state index in [1.54, 1.807) is 13.0 Å². The van der Waals surface area contributed by atoms with Crippen molar-refractivity contribution in [3.05, 3.63) is 65.5 Å². The quantitative estimate of drug-likeness (QED) is 0.688. The van der Waals surface area contributed by atoms with Crippen molar-refractivity contribution in [2.75, 3.05) is 31.6 Å². The molecule has 0 unspecified atom stereocenters. The average Bonchev–Trinajstić information content (AvgIpc) is 2.66. The maximum Gasteiger partial charge on any atom is 0.171 e. The van der Waals surface area contributed by atoms with Gasteiger partial charge in [-0.15, -0.1) is 0 Å². The lowest BCUT2D eigenvalue weighted by atomic mass is 9.98. The van der Waals surface area contributed by atoms with Crippen LogP contribution in [0.25, 0.3) is 0 Å². The molecule has 2 atom stereocenters. The zero-order chi connectivity index (χ0) is 19.2. The second-order valence-corrected chi connectivity index (χ2v) is 7.42. The van der Waals surface area contributed by atoms with Crippen LogP contribution in [0, 0.1) is 12.7 Å². The number of halogens is 1. The predicted octanol–water partition coefficient (Wildman–Crippen LogP) is 2.47. The number of thiocarbonyl (C=S) groups is 1. The van der Waals surface area contributed by atoms with Crippen molar-refractivity contribution in [1.29, 1.82) is 0 Å². The summed E-state index contributed by atoms with van der Waals surface area (Å²) in [4.78, 5) is 1.48. The Morgan fingerprint density at radius 1 is 1.15 bits per heavy atom. The number of quaternary nitrogens is 1. The first kappa shape index (κ1) is 19.7. The molecular weight excluding hydrogens is 361 g/mol. The molecule has 144 valence electrons. The van der Waals surface area contributed by atoms with Crippen LogP contribution in [-0.4, -0.2) is 37.5 Å². The van der Waals surface area contributed by atoms with Crippen molar-refractivity contribution in [2.24, 2.45) is 0 Å². The van der Waals surface area contributed by atoms with E-state index in [1.807, 2.05) is 12.1 Å². The number of aryl methyl sites for hydroxylation is 1. The molecule has 1 aliphatic rings. The molecule has 2 aromatic carbocycles. The summed E-state index contributed by atoms with van der Waals surface area (Å²) < 4.78 is 19.3. The van der Waals surface area contributed by atoms with E-state index in [0.717, 1.165) is 26.3 Å². The van der Waals surface area contributed by atoms with Crippen LogP contribution in [0.4, 0.5) is 10.1 Å². The number of nitrogens with one attached hydrogen (secondary N) is 3. The third kappa shape index (κ3) is 5.25. The van der Waals surface area contributed by atoms with Crippen molar-refractivity contribution in [3.8, 4) is 0 Å². The molecule has 1 fully saturated rings. The first-order valence-corrected chi connectivity index (χ1v) is 9.76. The maximum absolute atomic E-state index is 13.8. The number of morpholine rings is 1. The minimum Gasteiger partial charge on any atom is -0.370 e. The number of hydrogen-bond donors (Lipinski definition) is 3. The molecule has 0 aliphatic carbocycles. The fourth-order valence-electron chi connectivity index (χ4n) is 3.61. The first-order valence-electron chi connectivity index (χ1n) is 9.35. The first-order chi connectivity index (χ1) is 13.0. The SMILES string of the molecule is Cc1ccc(NC(=S)N[C@@H](C)[C@H](c2ccccc2)[NH+]2CCOCC2)cc1F. The molecule has 3 N–H and O–H groups in total. The van der Waals surface area contributed by atoms with Crippen LogP contribution in [-0.2, 0) is 4.74 Å². The zero-order valence-corrected chi connectivity index (χ0v) is 16.6. The predicted molar refractivity (Wildman–Crippen MR) is 111 cm³/mol. The van der Waals surface area contributed by atoms with Crippen molar-refractivity contribution in [3.63, 3.8) is 0 Å². The average molecular weight is 389 g/mol. The normalized spacial score (nSPS) is 17.1. The summed E-state index contributed by atoms with van der Waals surface area (Å²) >= 11 is 5.48. The van der Waals surface area contributed by atoms with E-state index >= 15 is 0 Å². The molecular formula is C21H27FN3OS+. The molecule has 3 rings (SSSR count). The number of anilines is 1. The van der Waals surface area contributed by atoms with E-state index in [2.05, 4.69) is 41.8 Å². The summed E-state index contributed by atoms with van der Waals surface area (Å²) in [6.07, 6.45) is 0. The van der Waals surface area contributed by atoms with Gasteiger partial charge in [-0.2, -0.15) is 0 Å². The Morgan fingerprint density at radius 3 is 2.52 bits per heavy atom. The number of ether oxygens (including phenoxy) is 1. The number of benzene rings is 2. The largest absolute Gasteiger partial charge is 0.370 e. The van der Waals surface area contributed by atoms with Gasteiger partial charge in [0.05, 0.1) is 19.3 Å². The van der Waals surface area contributed by atoms with Gasteiger partial charge in [0.25, 0.3) is 0 Å². The van der Waals surface area contributed by atoms with Gasteiger partial charge >= 0.3 is 0 Å². The van der Waals surface area contributed by atoms with Crippen LogP contribution in [0.2, 0.25) is 0 Å². The molecule has 0 radical (unpaired) electrons. The van der Waals surface area contributed by atoms with E-state index in [4.69, 9.17) is 17.0 Å². The Hall–Kier alpha value is -2.02. The van der Waals surface area contributed by atoms with Crippen LogP contribution in [0.5, 0.6) is 0 Å². The molecule has 0 saturated carbocycles. The Morgan fingerprint density at radius 2 is 1.85 bits per heavy atom. The van der Waals surface area contributed by atoms with Gasteiger partial charge in [0, 0.05) is 11.3 Å². The van der Waals surface area contributed by atoms with Crippen molar-refractivity contribution in [2.45, 2.75) is 25.9 Å². The lowest BCUT2D eigenvalue weighted by Crippen LogP contribution is -3.15. The fourth-order valence-corrected chi connectivity index (χ4v) is 3.91. The highest BCUT2D eigenvalue weighted by molar-refractivity contribution is 7.80. The van der Waals surface area contributed by atoms with E-state index in [9.17, 15) is 4.39 Å².